The highest BCUT2D eigenvalue weighted by atomic mass is 35.5. The lowest BCUT2D eigenvalue weighted by molar-refractivity contribution is 0.651. The van der Waals surface area contributed by atoms with E-state index in [9.17, 15) is 9.59 Å². The SMILES string of the molecule is O=c1[nH]n2c(=O)c3c([nH]c2c1C=Cc1ccc(Cl)cc1)CCCC3. The number of aromatic nitrogens is 3. The lowest BCUT2D eigenvalue weighted by Gasteiger charge is -2.14. The van der Waals surface area contributed by atoms with Crippen LogP contribution >= 0.6 is 11.6 Å². The van der Waals surface area contributed by atoms with Gasteiger partial charge in [-0.25, -0.2) is 0 Å². The number of nitrogens with one attached hydrogen (secondary N) is 2. The molecule has 0 radical (unpaired) electrons. The fourth-order valence-corrected chi connectivity index (χ4v) is 3.31. The molecule has 1 aliphatic carbocycles. The Kier molecular flexibility index (Phi) is 3.65. The summed E-state index contributed by atoms with van der Waals surface area (Å²) in [6, 6.07) is 7.33. The summed E-state index contributed by atoms with van der Waals surface area (Å²) >= 11 is 5.88. The Hall–Kier alpha value is -2.53. The van der Waals surface area contributed by atoms with Crippen LogP contribution in [0.25, 0.3) is 17.8 Å². The van der Waals surface area contributed by atoms with Gasteiger partial charge in [0.1, 0.15) is 5.65 Å². The van der Waals surface area contributed by atoms with E-state index in [2.05, 4.69) is 10.1 Å². The average Bonchev–Trinajstić information content (AvgIpc) is 2.91. The van der Waals surface area contributed by atoms with E-state index >= 15 is 0 Å². The van der Waals surface area contributed by atoms with Gasteiger partial charge in [0.25, 0.3) is 11.1 Å². The van der Waals surface area contributed by atoms with E-state index in [-0.39, 0.29) is 11.1 Å². The number of benzene rings is 1. The van der Waals surface area contributed by atoms with Crippen LogP contribution in [0.3, 0.4) is 0 Å². The van der Waals surface area contributed by atoms with Crippen LogP contribution in [0.15, 0.2) is 33.9 Å². The molecular formula is C18H16ClN3O2. The smallest absolute Gasteiger partial charge is 0.276 e. The summed E-state index contributed by atoms with van der Waals surface area (Å²) in [6.45, 7) is 0. The summed E-state index contributed by atoms with van der Waals surface area (Å²) in [5.41, 5.74) is 3.24. The van der Waals surface area contributed by atoms with Crippen molar-refractivity contribution in [3.63, 3.8) is 0 Å². The number of H-pyrrole nitrogens is 2. The number of hydrogen-bond donors (Lipinski definition) is 2. The molecule has 0 unspecified atom stereocenters. The Balaban J connectivity index is 1.85. The number of halogens is 1. The largest absolute Gasteiger partial charge is 0.343 e. The quantitative estimate of drug-likeness (QED) is 0.752. The normalized spacial score (nSPS) is 14.4. The van der Waals surface area contributed by atoms with Crippen LogP contribution in [-0.4, -0.2) is 14.6 Å². The number of fused-ring (bicyclic) bond motifs is 2. The van der Waals surface area contributed by atoms with Crippen LogP contribution < -0.4 is 11.1 Å². The maximum absolute atomic E-state index is 12.6. The topological polar surface area (TPSA) is 70.1 Å². The standard InChI is InChI=1S/C18H16ClN3O2/c19-12-8-5-11(6-9-12)7-10-14-16-20-15-4-2-1-3-13(15)18(24)22(16)21-17(14)23/h5-10,20H,1-4H2,(H,21,23). The highest BCUT2D eigenvalue weighted by molar-refractivity contribution is 6.30. The van der Waals surface area contributed by atoms with Crippen molar-refractivity contribution in [1.82, 2.24) is 14.6 Å². The molecule has 4 rings (SSSR count). The second-order valence-corrected chi connectivity index (χ2v) is 6.45. The molecule has 2 aromatic heterocycles. The third kappa shape index (κ3) is 2.51. The van der Waals surface area contributed by atoms with E-state index in [1.165, 1.54) is 4.52 Å². The van der Waals surface area contributed by atoms with Crippen LogP contribution in [0.1, 0.15) is 35.2 Å². The van der Waals surface area contributed by atoms with Gasteiger partial charge >= 0.3 is 0 Å². The minimum absolute atomic E-state index is 0.123. The maximum atomic E-state index is 12.6. The lowest BCUT2D eigenvalue weighted by Crippen LogP contribution is -2.25. The summed E-state index contributed by atoms with van der Waals surface area (Å²) in [5.74, 6) is 0. The summed E-state index contributed by atoms with van der Waals surface area (Å²) in [7, 11) is 0. The number of hydrogen-bond acceptors (Lipinski definition) is 2. The van der Waals surface area contributed by atoms with Gasteiger partial charge in [-0.1, -0.05) is 29.8 Å². The second-order valence-electron chi connectivity index (χ2n) is 6.02. The zero-order valence-electron chi connectivity index (χ0n) is 12.9. The molecule has 0 bridgehead atoms. The van der Waals surface area contributed by atoms with Gasteiger partial charge in [0, 0.05) is 16.3 Å². The van der Waals surface area contributed by atoms with Crippen LogP contribution in [0.5, 0.6) is 0 Å². The molecule has 3 aromatic rings. The Morgan fingerprint density at radius 2 is 1.79 bits per heavy atom. The zero-order valence-corrected chi connectivity index (χ0v) is 13.7. The Morgan fingerprint density at radius 3 is 2.58 bits per heavy atom. The first kappa shape index (κ1) is 15.0. The molecule has 122 valence electrons. The Labute approximate surface area is 142 Å². The summed E-state index contributed by atoms with van der Waals surface area (Å²) in [5, 5.41) is 3.30. The first-order chi connectivity index (χ1) is 11.6. The average molecular weight is 342 g/mol. The van der Waals surface area contributed by atoms with Gasteiger partial charge in [-0.3, -0.25) is 14.7 Å². The van der Waals surface area contributed by atoms with E-state index in [0.29, 0.717) is 16.2 Å². The second kappa shape index (κ2) is 5.83. The Bertz CT molecular complexity index is 1050. The van der Waals surface area contributed by atoms with Gasteiger partial charge in [0.05, 0.1) is 5.56 Å². The van der Waals surface area contributed by atoms with Crippen LogP contribution in [-0.2, 0) is 12.8 Å². The van der Waals surface area contributed by atoms with Crippen molar-refractivity contribution in [3.8, 4) is 0 Å². The van der Waals surface area contributed by atoms with Crippen molar-refractivity contribution in [2.24, 2.45) is 0 Å². The summed E-state index contributed by atoms with van der Waals surface area (Å²) < 4.78 is 1.33. The maximum Gasteiger partial charge on any atom is 0.276 e. The number of aromatic amines is 2. The molecule has 0 spiro atoms. The first-order valence-electron chi connectivity index (χ1n) is 7.96. The molecule has 2 N–H and O–H groups in total. The highest BCUT2D eigenvalue weighted by Crippen LogP contribution is 2.18. The first-order valence-corrected chi connectivity index (χ1v) is 8.34. The highest BCUT2D eigenvalue weighted by Gasteiger charge is 2.18. The summed E-state index contributed by atoms with van der Waals surface area (Å²) in [4.78, 5) is 28.1. The van der Waals surface area contributed by atoms with Gasteiger partial charge in [-0.2, -0.15) is 4.52 Å². The molecule has 5 nitrogen and oxygen atoms in total. The third-order valence-electron chi connectivity index (χ3n) is 4.45. The Morgan fingerprint density at radius 1 is 1.04 bits per heavy atom. The molecule has 0 fully saturated rings. The minimum atomic E-state index is -0.282. The fraction of sp³-hybridized carbons (Fsp3) is 0.222. The molecule has 24 heavy (non-hydrogen) atoms. The number of aryl methyl sites for hydroxylation is 1. The van der Waals surface area contributed by atoms with E-state index in [4.69, 9.17) is 11.6 Å². The van der Waals surface area contributed by atoms with E-state index in [0.717, 1.165) is 42.5 Å². The zero-order chi connectivity index (χ0) is 16.7. The minimum Gasteiger partial charge on any atom is -0.343 e. The van der Waals surface area contributed by atoms with Gasteiger partial charge < -0.3 is 4.98 Å². The molecule has 0 aliphatic heterocycles. The molecule has 0 saturated heterocycles. The van der Waals surface area contributed by atoms with Crippen molar-refractivity contribution >= 4 is 29.4 Å². The number of nitrogens with zero attached hydrogens (tertiary/aromatic N) is 1. The molecule has 2 heterocycles. The molecule has 1 aromatic carbocycles. The summed E-state index contributed by atoms with van der Waals surface area (Å²) in [6.07, 6.45) is 7.24. The van der Waals surface area contributed by atoms with Gasteiger partial charge in [0.2, 0.25) is 0 Å². The van der Waals surface area contributed by atoms with Crippen LogP contribution in [0.4, 0.5) is 0 Å². The fourth-order valence-electron chi connectivity index (χ4n) is 3.19. The van der Waals surface area contributed by atoms with Crippen molar-refractivity contribution in [2.75, 3.05) is 0 Å². The van der Waals surface area contributed by atoms with Crippen LogP contribution in [0.2, 0.25) is 5.02 Å². The van der Waals surface area contributed by atoms with Gasteiger partial charge in [-0.15, -0.1) is 0 Å². The van der Waals surface area contributed by atoms with Crippen molar-refractivity contribution < 1.29 is 0 Å². The van der Waals surface area contributed by atoms with E-state index < -0.39 is 0 Å². The lowest BCUT2D eigenvalue weighted by atomic mass is 9.97. The van der Waals surface area contributed by atoms with Crippen molar-refractivity contribution in [3.05, 3.63) is 72.4 Å². The van der Waals surface area contributed by atoms with Crippen molar-refractivity contribution in [2.45, 2.75) is 25.7 Å². The molecular weight excluding hydrogens is 326 g/mol. The third-order valence-corrected chi connectivity index (χ3v) is 4.70. The van der Waals surface area contributed by atoms with E-state index in [1.807, 2.05) is 18.2 Å². The van der Waals surface area contributed by atoms with Crippen LogP contribution in [0, 0.1) is 0 Å². The van der Waals surface area contributed by atoms with Gasteiger partial charge in [0.15, 0.2) is 0 Å². The molecule has 0 atom stereocenters. The monoisotopic (exact) mass is 341 g/mol. The van der Waals surface area contributed by atoms with Crippen molar-refractivity contribution in [1.29, 1.82) is 0 Å². The molecule has 1 aliphatic rings. The predicted octanol–water partition coefficient (Wildman–Crippen LogP) is 3.02. The predicted molar refractivity (Wildman–Crippen MR) is 95.7 cm³/mol. The molecule has 0 saturated carbocycles. The van der Waals surface area contributed by atoms with Gasteiger partial charge in [-0.05, 0) is 49.5 Å². The molecule has 0 amide bonds. The molecule has 6 heteroatoms. The number of rotatable bonds is 2. The van der Waals surface area contributed by atoms with E-state index in [1.54, 1.807) is 18.2 Å².